The monoisotopic (exact) mass is 208 g/mol. The quantitative estimate of drug-likeness (QED) is 0.603. The van der Waals surface area contributed by atoms with E-state index in [-0.39, 0.29) is 0 Å². The largest absolute Gasteiger partial charge is 0.496 e. The third kappa shape index (κ3) is 2.56. The third-order valence-corrected chi connectivity index (χ3v) is 2.12. The minimum atomic E-state index is -1.12. The second-order valence-corrected chi connectivity index (χ2v) is 3.13. The lowest BCUT2D eigenvalue weighted by molar-refractivity contribution is -0.135. The Kier molecular flexibility index (Phi) is 3.44. The number of carboxylic acids is 1. The van der Waals surface area contributed by atoms with Crippen molar-refractivity contribution in [2.45, 2.75) is 13.3 Å². The van der Waals surface area contributed by atoms with Gasteiger partial charge in [-0.3, -0.25) is 9.59 Å². The summed E-state index contributed by atoms with van der Waals surface area (Å²) in [5.41, 5.74) is 1.07. The van der Waals surface area contributed by atoms with Crippen LogP contribution >= 0.6 is 0 Å². The predicted molar refractivity (Wildman–Crippen MR) is 54.3 cm³/mol. The van der Waals surface area contributed by atoms with Gasteiger partial charge in [-0.05, 0) is 13.0 Å². The molecule has 0 bridgehead atoms. The molecule has 0 aromatic heterocycles. The van der Waals surface area contributed by atoms with E-state index in [2.05, 4.69) is 0 Å². The molecule has 0 heterocycles. The fourth-order valence-electron chi connectivity index (χ4n) is 1.37. The number of ketones is 1. The molecule has 4 nitrogen and oxygen atoms in total. The van der Waals surface area contributed by atoms with E-state index in [1.54, 1.807) is 25.1 Å². The Morgan fingerprint density at radius 1 is 1.40 bits per heavy atom. The fraction of sp³-hybridized carbons (Fsp3) is 0.273. The van der Waals surface area contributed by atoms with Crippen molar-refractivity contribution >= 4 is 11.8 Å². The van der Waals surface area contributed by atoms with E-state index in [0.717, 1.165) is 0 Å². The number of aliphatic carboxylic acids is 1. The number of hydrogen-bond donors (Lipinski definition) is 1. The summed E-state index contributed by atoms with van der Waals surface area (Å²) in [6, 6.07) is 5.00. The molecule has 0 radical (unpaired) electrons. The summed E-state index contributed by atoms with van der Waals surface area (Å²) < 4.78 is 5.04. The highest BCUT2D eigenvalue weighted by atomic mass is 16.5. The lowest BCUT2D eigenvalue weighted by Gasteiger charge is -2.08. The van der Waals surface area contributed by atoms with Crippen LogP contribution in [0.5, 0.6) is 5.75 Å². The molecule has 1 aromatic rings. The summed E-state index contributed by atoms with van der Waals surface area (Å²) in [5.74, 6) is -0.938. The van der Waals surface area contributed by atoms with Gasteiger partial charge in [0.05, 0.1) is 7.11 Å². The Hall–Kier alpha value is -1.84. The van der Waals surface area contributed by atoms with Gasteiger partial charge in [0, 0.05) is 11.1 Å². The van der Waals surface area contributed by atoms with Gasteiger partial charge in [0.15, 0.2) is 5.78 Å². The van der Waals surface area contributed by atoms with Crippen LogP contribution in [0.25, 0.3) is 0 Å². The molecule has 0 spiro atoms. The zero-order chi connectivity index (χ0) is 11.4. The lowest BCUT2D eigenvalue weighted by atomic mass is 10.0. The first-order valence-electron chi connectivity index (χ1n) is 4.45. The van der Waals surface area contributed by atoms with Crippen LogP contribution in [-0.4, -0.2) is 24.0 Å². The number of rotatable bonds is 4. The number of carbonyl (C=O) groups excluding carboxylic acids is 1. The van der Waals surface area contributed by atoms with Crippen molar-refractivity contribution in [1.82, 2.24) is 0 Å². The zero-order valence-electron chi connectivity index (χ0n) is 8.61. The Morgan fingerprint density at radius 3 is 2.60 bits per heavy atom. The maximum Gasteiger partial charge on any atom is 0.311 e. The average molecular weight is 208 g/mol. The Balaban J connectivity index is 3.04. The molecule has 0 saturated heterocycles. The predicted octanol–water partition coefficient (Wildman–Crippen LogP) is 1.66. The van der Waals surface area contributed by atoms with Gasteiger partial charge in [0.25, 0.3) is 0 Å². The minimum absolute atomic E-state index is 0.400. The second-order valence-electron chi connectivity index (χ2n) is 3.13. The molecule has 0 aliphatic heterocycles. The summed E-state index contributed by atoms with van der Waals surface area (Å²) in [4.78, 5) is 21.9. The summed E-state index contributed by atoms with van der Waals surface area (Å²) >= 11 is 0. The highest BCUT2D eigenvalue weighted by Crippen LogP contribution is 2.21. The molecule has 0 fully saturated rings. The first-order valence-corrected chi connectivity index (χ1v) is 4.45. The van der Waals surface area contributed by atoms with Crippen LogP contribution in [-0.2, 0) is 4.79 Å². The topological polar surface area (TPSA) is 63.6 Å². The van der Waals surface area contributed by atoms with Gasteiger partial charge < -0.3 is 9.84 Å². The molecule has 0 atom stereocenters. The molecule has 1 N–H and O–H groups in total. The molecule has 1 rings (SSSR count). The van der Waals surface area contributed by atoms with Crippen molar-refractivity contribution in [2.75, 3.05) is 7.11 Å². The molecule has 0 amide bonds. The van der Waals surface area contributed by atoms with Gasteiger partial charge >= 0.3 is 5.97 Å². The molecular formula is C11H12O4. The van der Waals surface area contributed by atoms with E-state index in [9.17, 15) is 9.59 Å². The average Bonchev–Trinajstić information content (AvgIpc) is 2.17. The summed E-state index contributed by atoms with van der Waals surface area (Å²) in [6.45, 7) is 1.73. The molecule has 0 unspecified atom stereocenters. The first kappa shape index (κ1) is 11.2. The summed E-state index contributed by atoms with van der Waals surface area (Å²) in [6.07, 6.45) is -0.492. The van der Waals surface area contributed by atoms with E-state index >= 15 is 0 Å². The third-order valence-electron chi connectivity index (χ3n) is 2.12. The molecule has 15 heavy (non-hydrogen) atoms. The number of benzene rings is 1. The van der Waals surface area contributed by atoms with E-state index in [4.69, 9.17) is 9.84 Å². The van der Waals surface area contributed by atoms with Crippen molar-refractivity contribution in [2.24, 2.45) is 0 Å². The molecule has 0 aliphatic rings. The number of hydrogen-bond acceptors (Lipinski definition) is 3. The van der Waals surface area contributed by atoms with Crippen LogP contribution in [0.1, 0.15) is 22.3 Å². The Bertz CT molecular complexity index is 396. The summed E-state index contributed by atoms with van der Waals surface area (Å²) in [7, 11) is 1.51. The van der Waals surface area contributed by atoms with Crippen molar-refractivity contribution in [1.29, 1.82) is 0 Å². The fourth-order valence-corrected chi connectivity index (χ4v) is 1.37. The second kappa shape index (κ2) is 4.59. The van der Waals surface area contributed by atoms with Crippen LogP contribution < -0.4 is 4.74 Å². The molecule has 0 aliphatic carbocycles. The number of carbonyl (C=O) groups is 2. The smallest absolute Gasteiger partial charge is 0.311 e. The molecule has 0 saturated carbocycles. The lowest BCUT2D eigenvalue weighted by Crippen LogP contribution is -2.09. The van der Waals surface area contributed by atoms with E-state index in [1.807, 2.05) is 0 Å². The van der Waals surface area contributed by atoms with Crippen LogP contribution in [0.2, 0.25) is 0 Å². The van der Waals surface area contributed by atoms with Gasteiger partial charge in [-0.2, -0.15) is 0 Å². The highest BCUT2D eigenvalue weighted by molar-refractivity contribution is 6.06. The SMILES string of the molecule is COc1cccc(C(=O)CC(=O)O)c1C. The van der Waals surface area contributed by atoms with Crippen molar-refractivity contribution in [3.63, 3.8) is 0 Å². The van der Waals surface area contributed by atoms with Gasteiger partial charge in [-0.25, -0.2) is 0 Å². The van der Waals surface area contributed by atoms with E-state index < -0.39 is 18.2 Å². The Morgan fingerprint density at radius 2 is 2.07 bits per heavy atom. The summed E-state index contributed by atoms with van der Waals surface area (Å²) in [5, 5.41) is 8.51. The highest BCUT2D eigenvalue weighted by Gasteiger charge is 2.14. The standard InChI is InChI=1S/C11H12O4/c1-7-8(9(12)6-11(13)14)4-3-5-10(7)15-2/h3-5H,6H2,1-2H3,(H,13,14). The van der Waals surface area contributed by atoms with Gasteiger partial charge in [-0.1, -0.05) is 12.1 Å². The van der Waals surface area contributed by atoms with Crippen LogP contribution in [0, 0.1) is 6.92 Å². The zero-order valence-corrected chi connectivity index (χ0v) is 8.61. The van der Waals surface area contributed by atoms with Crippen LogP contribution in [0.3, 0.4) is 0 Å². The first-order chi connectivity index (χ1) is 7.06. The molecule has 1 aromatic carbocycles. The maximum absolute atomic E-state index is 11.5. The van der Waals surface area contributed by atoms with E-state index in [0.29, 0.717) is 16.9 Å². The number of carboxylic acid groups (broad SMARTS) is 1. The number of Topliss-reactive ketones (excluding diaryl/α,β-unsaturated/α-hetero) is 1. The minimum Gasteiger partial charge on any atom is -0.496 e. The van der Waals surface area contributed by atoms with Gasteiger partial charge in [-0.15, -0.1) is 0 Å². The maximum atomic E-state index is 11.5. The van der Waals surface area contributed by atoms with Crippen molar-refractivity contribution in [3.05, 3.63) is 29.3 Å². The molecule has 80 valence electrons. The number of methoxy groups -OCH3 is 1. The normalized spacial score (nSPS) is 9.73. The molecular weight excluding hydrogens is 196 g/mol. The molecule has 4 heteroatoms. The van der Waals surface area contributed by atoms with Crippen LogP contribution in [0.15, 0.2) is 18.2 Å². The van der Waals surface area contributed by atoms with Gasteiger partial charge in [0.1, 0.15) is 12.2 Å². The van der Waals surface area contributed by atoms with Crippen molar-refractivity contribution in [3.8, 4) is 5.75 Å². The van der Waals surface area contributed by atoms with E-state index in [1.165, 1.54) is 7.11 Å². The number of ether oxygens (including phenoxy) is 1. The van der Waals surface area contributed by atoms with Crippen molar-refractivity contribution < 1.29 is 19.4 Å². The van der Waals surface area contributed by atoms with Gasteiger partial charge in [0.2, 0.25) is 0 Å². The van der Waals surface area contributed by atoms with Crippen LogP contribution in [0.4, 0.5) is 0 Å². The Labute approximate surface area is 87.5 Å².